The van der Waals surface area contributed by atoms with Gasteiger partial charge in [-0.1, -0.05) is 42.5 Å². The lowest BCUT2D eigenvalue weighted by Gasteiger charge is -2.27. The second-order valence-corrected chi connectivity index (χ2v) is 13.0. The van der Waals surface area contributed by atoms with Crippen LogP contribution >= 0.6 is 0 Å². The summed E-state index contributed by atoms with van der Waals surface area (Å²) in [6, 6.07) is 15.4. The van der Waals surface area contributed by atoms with Gasteiger partial charge in [-0.2, -0.15) is 0 Å². The number of likely N-dealkylation sites (tertiary alicyclic amines) is 3. The lowest BCUT2D eigenvalue weighted by atomic mass is 10.0. The first kappa shape index (κ1) is 31.0. The molecule has 11 nitrogen and oxygen atoms in total. The van der Waals surface area contributed by atoms with Crippen LogP contribution in [0.15, 0.2) is 54.6 Å². The van der Waals surface area contributed by atoms with Crippen molar-refractivity contribution in [3.8, 4) is 5.75 Å². The lowest BCUT2D eigenvalue weighted by molar-refractivity contribution is -0.140. The smallest absolute Gasteiger partial charge is 0.245 e. The fraction of sp³-hybridized carbons (Fsp3) is 0.529. The van der Waals surface area contributed by atoms with E-state index in [2.05, 4.69) is 45.1 Å². The first-order valence-corrected chi connectivity index (χ1v) is 16.3. The fourth-order valence-corrected chi connectivity index (χ4v) is 7.46. The summed E-state index contributed by atoms with van der Waals surface area (Å²) in [7, 11) is 0. The molecular weight excluding hydrogens is 572 g/mol. The summed E-state index contributed by atoms with van der Waals surface area (Å²) in [4.78, 5) is 59.0. The molecular formula is C34H44N6O5. The third-order valence-corrected chi connectivity index (χ3v) is 9.75. The lowest BCUT2D eigenvalue weighted by Crippen LogP contribution is -2.54. The topological polar surface area (TPSA) is 134 Å². The molecule has 2 aromatic carbocycles. The molecule has 4 aliphatic rings. The van der Waals surface area contributed by atoms with Crippen molar-refractivity contribution in [2.75, 3.05) is 45.8 Å². The van der Waals surface area contributed by atoms with Crippen molar-refractivity contribution in [2.24, 2.45) is 11.8 Å². The van der Waals surface area contributed by atoms with Gasteiger partial charge in [0.2, 0.25) is 23.6 Å². The average molecular weight is 617 g/mol. The fourth-order valence-electron chi connectivity index (χ4n) is 7.46. The molecule has 45 heavy (non-hydrogen) atoms. The number of phenolic OH excluding ortho intramolecular Hbond substituents is 1. The van der Waals surface area contributed by atoms with E-state index in [9.17, 15) is 24.3 Å². The molecule has 5 atom stereocenters. The average Bonchev–Trinajstić information content (AvgIpc) is 3.85. The molecule has 240 valence electrons. The van der Waals surface area contributed by atoms with E-state index in [1.807, 2.05) is 11.0 Å². The molecule has 4 fully saturated rings. The minimum absolute atomic E-state index is 0.0484. The van der Waals surface area contributed by atoms with Crippen molar-refractivity contribution in [3.05, 3.63) is 65.7 Å². The number of hydrogen-bond acceptors (Lipinski definition) is 7. The second-order valence-electron chi connectivity index (χ2n) is 13.0. The number of carbonyl (C=O) groups excluding carboxylic acids is 4. The minimum Gasteiger partial charge on any atom is -0.508 e. The highest BCUT2D eigenvalue weighted by Gasteiger charge is 2.43. The molecule has 2 aromatic rings. The van der Waals surface area contributed by atoms with E-state index in [4.69, 9.17) is 0 Å². The summed E-state index contributed by atoms with van der Waals surface area (Å²) < 4.78 is 0. The van der Waals surface area contributed by atoms with E-state index in [0.717, 1.165) is 51.0 Å². The van der Waals surface area contributed by atoms with Crippen LogP contribution in [-0.2, 0) is 32.1 Å². The van der Waals surface area contributed by atoms with Gasteiger partial charge in [-0.3, -0.25) is 24.1 Å². The molecule has 0 bridgehead atoms. The Balaban J connectivity index is 1.04. The Morgan fingerprint density at radius 2 is 1.62 bits per heavy atom. The zero-order valence-electron chi connectivity index (χ0n) is 25.7. The maximum atomic E-state index is 13.9. The number of aromatic hydroxyl groups is 1. The number of fused-ring (bicyclic) bond motifs is 1. The van der Waals surface area contributed by atoms with Gasteiger partial charge >= 0.3 is 0 Å². The predicted molar refractivity (Wildman–Crippen MR) is 168 cm³/mol. The van der Waals surface area contributed by atoms with Crippen molar-refractivity contribution in [1.82, 2.24) is 30.7 Å². The zero-order valence-corrected chi connectivity index (χ0v) is 25.7. The van der Waals surface area contributed by atoms with E-state index in [0.29, 0.717) is 37.9 Å². The molecule has 6 rings (SSSR count). The van der Waals surface area contributed by atoms with Crippen LogP contribution in [0.25, 0.3) is 0 Å². The van der Waals surface area contributed by atoms with Crippen LogP contribution < -0.4 is 16.0 Å². The minimum atomic E-state index is -0.809. The van der Waals surface area contributed by atoms with Gasteiger partial charge in [0.05, 0.1) is 12.6 Å². The normalized spacial score (nSPS) is 25.2. The maximum Gasteiger partial charge on any atom is 0.245 e. The number of nitrogens with zero attached hydrogens (tertiary/aromatic N) is 3. The number of rotatable bonds is 10. The summed E-state index contributed by atoms with van der Waals surface area (Å²) in [5, 5.41) is 18.5. The van der Waals surface area contributed by atoms with E-state index >= 15 is 0 Å². The summed E-state index contributed by atoms with van der Waals surface area (Å²) in [5.74, 6) is -0.0814. The van der Waals surface area contributed by atoms with E-state index in [1.54, 1.807) is 29.2 Å². The number of amides is 4. The van der Waals surface area contributed by atoms with E-state index in [-0.39, 0.29) is 42.5 Å². The first-order valence-electron chi connectivity index (χ1n) is 16.3. The standard InChI is InChI=1S/C34H44N6O5/c41-27-12-10-23(11-13-27)16-29(33(44)39-21-25-19-38(20-26(25)22-39)18-24-6-2-1-3-7-24)37-31(42)17-36-32(43)30-9-5-15-40(30)34(45)28-8-4-14-35-28/h1-3,6-7,10-13,25-26,28-30,35,41H,4-5,8-9,14-22H2,(H,36,43)(H,37,42). The first-order chi connectivity index (χ1) is 21.8. The van der Waals surface area contributed by atoms with Crippen LogP contribution in [0.4, 0.5) is 0 Å². The van der Waals surface area contributed by atoms with Crippen LogP contribution in [0.3, 0.4) is 0 Å². The van der Waals surface area contributed by atoms with Crippen LogP contribution in [-0.4, -0.2) is 107 Å². The molecule has 0 aliphatic carbocycles. The van der Waals surface area contributed by atoms with Crippen molar-refractivity contribution >= 4 is 23.6 Å². The molecule has 4 heterocycles. The Kier molecular flexibility index (Phi) is 9.65. The Morgan fingerprint density at radius 3 is 2.31 bits per heavy atom. The van der Waals surface area contributed by atoms with Gasteiger partial charge in [-0.15, -0.1) is 0 Å². The van der Waals surface area contributed by atoms with Gasteiger partial charge in [0, 0.05) is 45.7 Å². The van der Waals surface area contributed by atoms with Crippen LogP contribution in [0.5, 0.6) is 5.75 Å². The molecule has 4 aliphatic heterocycles. The summed E-state index contributed by atoms with van der Waals surface area (Å²) >= 11 is 0. The maximum absolute atomic E-state index is 13.9. The SMILES string of the molecule is O=C(CNC(=O)C1CCCN1C(=O)C1CCCN1)NC(Cc1ccc(O)cc1)C(=O)N1CC2CN(Cc3ccccc3)CC2C1. The monoisotopic (exact) mass is 616 g/mol. The van der Waals surface area contributed by atoms with Crippen LogP contribution in [0.1, 0.15) is 36.8 Å². The third kappa shape index (κ3) is 7.48. The van der Waals surface area contributed by atoms with Gasteiger partial charge in [-0.05, 0) is 67.3 Å². The molecule has 0 radical (unpaired) electrons. The van der Waals surface area contributed by atoms with E-state index in [1.165, 1.54) is 5.56 Å². The Bertz CT molecular complexity index is 1350. The Hall–Kier alpha value is -3.96. The van der Waals surface area contributed by atoms with Gasteiger partial charge in [-0.25, -0.2) is 0 Å². The highest BCUT2D eigenvalue weighted by atomic mass is 16.3. The number of hydrogen-bond donors (Lipinski definition) is 4. The Labute approximate surface area is 264 Å². The van der Waals surface area contributed by atoms with Crippen molar-refractivity contribution in [2.45, 2.75) is 56.8 Å². The van der Waals surface area contributed by atoms with Gasteiger partial charge in [0.25, 0.3) is 0 Å². The van der Waals surface area contributed by atoms with Crippen LogP contribution in [0.2, 0.25) is 0 Å². The molecule has 4 N–H and O–H groups in total. The molecule has 0 spiro atoms. The second kappa shape index (κ2) is 14.0. The number of nitrogens with one attached hydrogen (secondary N) is 3. The van der Waals surface area contributed by atoms with Crippen LogP contribution in [0, 0.1) is 11.8 Å². The molecule has 5 unspecified atom stereocenters. The highest BCUT2D eigenvalue weighted by Crippen LogP contribution is 2.32. The van der Waals surface area contributed by atoms with Gasteiger partial charge < -0.3 is 30.9 Å². The Morgan fingerprint density at radius 1 is 0.889 bits per heavy atom. The van der Waals surface area contributed by atoms with Gasteiger partial charge in [0.15, 0.2) is 0 Å². The largest absolute Gasteiger partial charge is 0.508 e. The zero-order chi connectivity index (χ0) is 31.3. The third-order valence-electron chi connectivity index (χ3n) is 9.75. The molecule has 0 saturated carbocycles. The van der Waals surface area contributed by atoms with E-state index < -0.39 is 18.0 Å². The molecule has 11 heteroatoms. The molecule has 4 saturated heterocycles. The van der Waals surface area contributed by atoms with Crippen molar-refractivity contribution < 1.29 is 24.3 Å². The predicted octanol–water partition coefficient (Wildman–Crippen LogP) is 0.869. The summed E-state index contributed by atoms with van der Waals surface area (Å²) in [5.41, 5.74) is 2.09. The summed E-state index contributed by atoms with van der Waals surface area (Å²) in [6.45, 7) is 5.12. The van der Waals surface area contributed by atoms with Crippen molar-refractivity contribution in [3.63, 3.8) is 0 Å². The summed E-state index contributed by atoms with van der Waals surface area (Å²) in [6.07, 6.45) is 3.29. The number of phenols is 1. The molecule has 4 amide bonds. The van der Waals surface area contributed by atoms with Crippen molar-refractivity contribution in [1.29, 1.82) is 0 Å². The quantitative estimate of drug-likeness (QED) is 0.311. The number of benzene rings is 2. The van der Waals surface area contributed by atoms with Gasteiger partial charge in [0.1, 0.15) is 17.8 Å². The number of carbonyl (C=O) groups is 4. The molecule has 0 aromatic heterocycles. The highest BCUT2D eigenvalue weighted by molar-refractivity contribution is 5.93.